The summed E-state index contributed by atoms with van der Waals surface area (Å²) in [4.78, 5) is 16.0. The number of amides is 1. The number of morpholine rings is 1. The third kappa shape index (κ3) is 9.69. The summed E-state index contributed by atoms with van der Waals surface area (Å²) in [7, 11) is -3.95. The Morgan fingerprint density at radius 3 is 2.16 bits per heavy atom. The predicted molar refractivity (Wildman–Crippen MR) is 194 cm³/mol. The molecule has 0 spiro atoms. The number of rotatable bonds is 13. The average molecular weight is 714 g/mol. The molecule has 0 radical (unpaired) electrons. The van der Waals surface area contributed by atoms with Crippen molar-refractivity contribution in [3.63, 3.8) is 0 Å². The molecule has 5 unspecified atom stereocenters. The van der Waals surface area contributed by atoms with Gasteiger partial charge in [0.05, 0.1) is 36.9 Å². The fourth-order valence-corrected chi connectivity index (χ4v) is 7.68. The molecule has 2 heterocycles. The lowest BCUT2D eigenvalue weighted by molar-refractivity contribution is -0.277. The molecule has 4 aromatic rings. The molecule has 2 aliphatic heterocycles. The average Bonchev–Trinajstić information content (AvgIpc) is 3.15. The number of hydrogen-bond donors (Lipinski definition) is 3. The van der Waals surface area contributed by atoms with Crippen molar-refractivity contribution >= 4 is 15.9 Å². The standard InChI is InChI=1S/C40H47N3O7S/c1-28-8-18-35(19-9-28)51(46,47)42-36(24-30-6-4-3-5-7-30)39(45)41-25-31-10-16-34(17-11-31)40-49-37(26-43-20-22-48-23-21-43)29(2)38(50-40)33-14-12-32(27-44)13-15-33/h3-19,29,36-38,40,42,44H,20-27H2,1-2H3,(H,41,45). The number of nitrogens with one attached hydrogen (secondary N) is 2. The maximum Gasteiger partial charge on any atom is 0.241 e. The van der Waals surface area contributed by atoms with Crippen LogP contribution in [0.25, 0.3) is 0 Å². The van der Waals surface area contributed by atoms with Crippen LogP contribution in [0.15, 0.2) is 108 Å². The molecule has 270 valence electrons. The summed E-state index contributed by atoms with van der Waals surface area (Å²) in [6, 6.07) is 30.5. The second kappa shape index (κ2) is 17.1. The highest BCUT2D eigenvalue weighted by Gasteiger charge is 2.39. The second-order valence-corrected chi connectivity index (χ2v) is 15.1. The lowest BCUT2D eigenvalue weighted by Gasteiger charge is -2.43. The van der Waals surface area contributed by atoms with Crippen LogP contribution in [0.5, 0.6) is 0 Å². The third-order valence-electron chi connectivity index (χ3n) is 9.61. The minimum absolute atomic E-state index is 0.0176. The van der Waals surface area contributed by atoms with Crippen LogP contribution in [0, 0.1) is 12.8 Å². The van der Waals surface area contributed by atoms with Crippen LogP contribution in [0.3, 0.4) is 0 Å². The molecule has 3 N–H and O–H groups in total. The van der Waals surface area contributed by atoms with E-state index in [9.17, 15) is 18.3 Å². The fraction of sp³-hybridized carbons (Fsp3) is 0.375. The summed E-state index contributed by atoms with van der Waals surface area (Å²) in [5, 5.41) is 12.5. The monoisotopic (exact) mass is 713 g/mol. The summed E-state index contributed by atoms with van der Waals surface area (Å²) in [6.07, 6.45) is -0.716. The van der Waals surface area contributed by atoms with Gasteiger partial charge in [0.1, 0.15) is 6.04 Å². The zero-order chi connectivity index (χ0) is 35.8. The molecule has 5 atom stereocenters. The molecule has 0 bridgehead atoms. The minimum atomic E-state index is -3.95. The first-order chi connectivity index (χ1) is 24.7. The van der Waals surface area contributed by atoms with E-state index in [1.165, 1.54) is 12.1 Å². The lowest BCUT2D eigenvalue weighted by atomic mass is 9.90. The summed E-state index contributed by atoms with van der Waals surface area (Å²) in [5.74, 6) is -0.349. The number of sulfonamides is 1. The van der Waals surface area contributed by atoms with Crippen molar-refractivity contribution in [2.24, 2.45) is 5.92 Å². The highest BCUT2D eigenvalue weighted by molar-refractivity contribution is 7.89. The van der Waals surface area contributed by atoms with Crippen molar-refractivity contribution in [3.8, 4) is 0 Å². The highest BCUT2D eigenvalue weighted by Crippen LogP contribution is 2.42. The SMILES string of the molecule is Cc1ccc(S(=O)(=O)NC(Cc2ccccc2)C(=O)NCc2ccc(C3OC(CN4CCOCC4)C(C)C(c4ccc(CO)cc4)O3)cc2)cc1. The van der Waals surface area contributed by atoms with Gasteiger partial charge in [-0.2, -0.15) is 4.72 Å². The van der Waals surface area contributed by atoms with Crippen molar-refractivity contribution in [2.75, 3.05) is 32.8 Å². The molecule has 51 heavy (non-hydrogen) atoms. The van der Waals surface area contributed by atoms with Gasteiger partial charge in [-0.05, 0) is 47.7 Å². The first-order valence-electron chi connectivity index (χ1n) is 17.5. The van der Waals surface area contributed by atoms with Gasteiger partial charge in [-0.3, -0.25) is 9.69 Å². The Kier molecular flexibility index (Phi) is 12.3. The van der Waals surface area contributed by atoms with Crippen LogP contribution < -0.4 is 10.0 Å². The van der Waals surface area contributed by atoms with E-state index in [4.69, 9.17) is 14.2 Å². The summed E-state index contributed by atoms with van der Waals surface area (Å²) < 4.78 is 48.0. The quantitative estimate of drug-likeness (QED) is 0.180. The molecule has 1 amide bonds. The summed E-state index contributed by atoms with van der Waals surface area (Å²) in [5.41, 5.74) is 5.35. The van der Waals surface area contributed by atoms with Gasteiger partial charge in [0.2, 0.25) is 15.9 Å². The molecule has 0 saturated carbocycles. The van der Waals surface area contributed by atoms with Gasteiger partial charge in [-0.15, -0.1) is 0 Å². The lowest BCUT2D eigenvalue weighted by Crippen LogP contribution is -2.47. The molecular formula is C40H47N3O7S. The Balaban J connectivity index is 1.14. The van der Waals surface area contributed by atoms with E-state index in [2.05, 4.69) is 21.9 Å². The van der Waals surface area contributed by atoms with Crippen molar-refractivity contribution in [3.05, 3.63) is 137 Å². The smallest absolute Gasteiger partial charge is 0.241 e. The van der Waals surface area contributed by atoms with E-state index in [-0.39, 0.29) is 42.6 Å². The van der Waals surface area contributed by atoms with Crippen LogP contribution in [-0.4, -0.2) is 69.3 Å². The maximum atomic E-state index is 13.5. The molecule has 4 aromatic carbocycles. The van der Waals surface area contributed by atoms with Gasteiger partial charge in [-0.1, -0.05) is 103 Å². The largest absolute Gasteiger partial charge is 0.392 e. The Morgan fingerprint density at radius 1 is 0.843 bits per heavy atom. The number of aliphatic hydroxyl groups is 1. The summed E-state index contributed by atoms with van der Waals surface area (Å²) >= 11 is 0. The molecular weight excluding hydrogens is 667 g/mol. The van der Waals surface area contributed by atoms with Gasteiger partial charge in [-0.25, -0.2) is 8.42 Å². The molecule has 0 aliphatic carbocycles. The van der Waals surface area contributed by atoms with Crippen LogP contribution in [0.1, 0.15) is 52.7 Å². The molecule has 2 saturated heterocycles. The number of aryl methyl sites for hydroxylation is 1. The summed E-state index contributed by atoms with van der Waals surface area (Å²) in [6.45, 7) is 8.11. The number of carbonyl (C=O) groups is 1. The van der Waals surface area contributed by atoms with Crippen molar-refractivity contribution in [1.82, 2.24) is 14.9 Å². The van der Waals surface area contributed by atoms with Crippen LogP contribution in [-0.2, 0) is 48.6 Å². The van der Waals surface area contributed by atoms with Crippen LogP contribution >= 0.6 is 0 Å². The van der Waals surface area contributed by atoms with Gasteiger partial charge >= 0.3 is 0 Å². The zero-order valence-electron chi connectivity index (χ0n) is 29.1. The fourth-order valence-electron chi connectivity index (χ4n) is 6.48. The zero-order valence-corrected chi connectivity index (χ0v) is 29.9. The van der Waals surface area contributed by atoms with Gasteiger partial charge in [0.25, 0.3) is 0 Å². The van der Waals surface area contributed by atoms with E-state index >= 15 is 0 Å². The van der Waals surface area contributed by atoms with E-state index < -0.39 is 28.3 Å². The Hall–Kier alpha value is -3.94. The van der Waals surface area contributed by atoms with Crippen molar-refractivity contribution in [2.45, 2.75) is 62.9 Å². The highest BCUT2D eigenvalue weighted by atomic mass is 32.2. The molecule has 10 nitrogen and oxygen atoms in total. The van der Waals surface area contributed by atoms with Gasteiger partial charge < -0.3 is 24.6 Å². The first-order valence-corrected chi connectivity index (χ1v) is 19.0. The van der Waals surface area contributed by atoms with E-state index in [0.29, 0.717) is 13.2 Å². The third-order valence-corrected chi connectivity index (χ3v) is 11.1. The second-order valence-electron chi connectivity index (χ2n) is 13.4. The first kappa shape index (κ1) is 36.8. The van der Waals surface area contributed by atoms with Crippen molar-refractivity contribution in [1.29, 1.82) is 0 Å². The number of ether oxygens (including phenoxy) is 3. The van der Waals surface area contributed by atoms with Gasteiger partial charge in [0.15, 0.2) is 6.29 Å². The number of hydrogen-bond acceptors (Lipinski definition) is 8. The predicted octanol–water partition coefficient (Wildman–Crippen LogP) is 4.82. The normalized spacial score (nSPS) is 21.9. The van der Waals surface area contributed by atoms with E-state index in [0.717, 1.165) is 53.0 Å². The topological polar surface area (TPSA) is 126 Å². The van der Waals surface area contributed by atoms with Crippen molar-refractivity contribution < 1.29 is 32.5 Å². The maximum absolute atomic E-state index is 13.5. The van der Waals surface area contributed by atoms with Gasteiger partial charge in [0, 0.05) is 37.7 Å². The van der Waals surface area contributed by atoms with Crippen LogP contribution in [0.2, 0.25) is 0 Å². The Morgan fingerprint density at radius 2 is 1.49 bits per heavy atom. The molecule has 0 aromatic heterocycles. The number of carbonyl (C=O) groups excluding carboxylic acids is 1. The number of nitrogens with zero attached hydrogens (tertiary/aromatic N) is 1. The number of benzene rings is 4. The molecule has 11 heteroatoms. The Labute approximate surface area is 300 Å². The minimum Gasteiger partial charge on any atom is -0.392 e. The van der Waals surface area contributed by atoms with Crippen LogP contribution in [0.4, 0.5) is 0 Å². The van der Waals surface area contributed by atoms with E-state index in [1.54, 1.807) is 12.1 Å². The van der Waals surface area contributed by atoms with E-state index in [1.807, 2.05) is 85.8 Å². The molecule has 2 fully saturated rings. The number of aliphatic hydroxyl groups excluding tert-OH is 1. The Bertz CT molecular complexity index is 1820. The molecule has 6 rings (SSSR count). The molecule has 2 aliphatic rings.